The van der Waals surface area contributed by atoms with Crippen molar-refractivity contribution in [2.24, 2.45) is 0 Å². The van der Waals surface area contributed by atoms with Crippen LogP contribution in [0, 0.1) is 0 Å². The van der Waals surface area contributed by atoms with Gasteiger partial charge in [-0.3, -0.25) is 14.5 Å². The number of para-hydroxylation sites is 1. The minimum atomic E-state index is -3.56. The van der Waals surface area contributed by atoms with Gasteiger partial charge in [0, 0.05) is 19.6 Å². The van der Waals surface area contributed by atoms with Crippen LogP contribution in [0.25, 0.3) is 0 Å². The molecule has 2 N–H and O–H groups in total. The molecule has 184 valence electrons. The maximum Gasteiger partial charge on any atom is 0.243 e. The van der Waals surface area contributed by atoms with E-state index in [-0.39, 0.29) is 36.3 Å². The highest BCUT2D eigenvalue weighted by molar-refractivity contribution is 7.89. The molecule has 0 spiro atoms. The zero-order chi connectivity index (χ0) is 24.7. The number of benzene rings is 2. The number of ether oxygens (including phenoxy) is 1. The van der Waals surface area contributed by atoms with Crippen molar-refractivity contribution in [2.75, 3.05) is 51.8 Å². The zero-order valence-electron chi connectivity index (χ0n) is 18.6. The molecule has 1 heterocycles. The van der Waals surface area contributed by atoms with E-state index in [1.54, 1.807) is 42.3 Å². The van der Waals surface area contributed by atoms with Gasteiger partial charge in [-0.05, 0) is 36.9 Å². The number of nitrogens with one attached hydrogen (secondary N) is 2. The molecule has 3 rings (SSSR count). The molecule has 12 heteroatoms. The second-order valence-electron chi connectivity index (χ2n) is 7.75. The van der Waals surface area contributed by atoms with Crippen LogP contribution < -0.4 is 10.6 Å². The smallest absolute Gasteiger partial charge is 0.243 e. The van der Waals surface area contributed by atoms with Gasteiger partial charge in [0.05, 0.1) is 46.9 Å². The summed E-state index contributed by atoms with van der Waals surface area (Å²) in [5, 5.41) is 6.06. The number of anilines is 1. The van der Waals surface area contributed by atoms with E-state index < -0.39 is 10.0 Å². The monoisotopic (exact) mass is 528 g/mol. The van der Waals surface area contributed by atoms with Crippen molar-refractivity contribution in [1.29, 1.82) is 0 Å². The van der Waals surface area contributed by atoms with Crippen LogP contribution in [0.5, 0.6) is 0 Å². The number of halogens is 2. The lowest BCUT2D eigenvalue weighted by Crippen LogP contribution is -2.40. The van der Waals surface area contributed by atoms with E-state index in [9.17, 15) is 18.0 Å². The van der Waals surface area contributed by atoms with Crippen molar-refractivity contribution < 1.29 is 22.7 Å². The Morgan fingerprint density at radius 2 is 1.59 bits per heavy atom. The summed E-state index contributed by atoms with van der Waals surface area (Å²) in [6.45, 7) is 1.61. The molecule has 1 fully saturated rings. The largest absolute Gasteiger partial charge is 0.379 e. The van der Waals surface area contributed by atoms with Crippen LogP contribution in [-0.4, -0.2) is 75.9 Å². The molecule has 1 saturated heterocycles. The topological polar surface area (TPSA) is 108 Å². The minimum Gasteiger partial charge on any atom is -0.379 e. The molecule has 0 aromatic heterocycles. The molecule has 9 nitrogen and oxygen atoms in total. The first-order chi connectivity index (χ1) is 16.2. The first-order valence-corrected chi connectivity index (χ1v) is 12.7. The molecular formula is C22H26Cl2N4O5S. The van der Waals surface area contributed by atoms with E-state index in [2.05, 4.69) is 10.6 Å². The van der Waals surface area contributed by atoms with E-state index in [0.29, 0.717) is 42.0 Å². The van der Waals surface area contributed by atoms with Gasteiger partial charge in [0.15, 0.2) is 0 Å². The molecule has 0 bridgehead atoms. The maximum absolute atomic E-state index is 12.7. The van der Waals surface area contributed by atoms with Gasteiger partial charge in [-0.15, -0.1) is 0 Å². The van der Waals surface area contributed by atoms with Gasteiger partial charge in [0.2, 0.25) is 21.8 Å². The summed E-state index contributed by atoms with van der Waals surface area (Å²) in [7, 11) is -1.92. The third-order valence-corrected chi connectivity index (χ3v) is 7.62. The minimum absolute atomic E-state index is 0.00678. The number of sulfonamides is 1. The maximum atomic E-state index is 12.7. The van der Waals surface area contributed by atoms with Gasteiger partial charge < -0.3 is 15.4 Å². The number of nitrogens with zero attached hydrogens (tertiary/aromatic N) is 2. The Balaban J connectivity index is 1.45. The van der Waals surface area contributed by atoms with Crippen LogP contribution in [0.15, 0.2) is 47.4 Å². The molecule has 2 amide bonds. The summed E-state index contributed by atoms with van der Waals surface area (Å²) >= 11 is 12.1. The first-order valence-electron chi connectivity index (χ1n) is 10.5. The molecule has 0 aliphatic carbocycles. The third kappa shape index (κ3) is 7.14. The summed E-state index contributed by atoms with van der Waals surface area (Å²) in [6.07, 6.45) is 0. The Bertz CT molecular complexity index is 1100. The second kappa shape index (κ2) is 12.0. The molecule has 0 unspecified atom stereocenters. The number of hydrogen-bond acceptors (Lipinski definition) is 6. The van der Waals surface area contributed by atoms with E-state index in [4.69, 9.17) is 27.9 Å². The van der Waals surface area contributed by atoms with Crippen LogP contribution in [-0.2, 0) is 30.9 Å². The highest BCUT2D eigenvalue weighted by Crippen LogP contribution is 2.29. The summed E-state index contributed by atoms with van der Waals surface area (Å²) in [5.74, 6) is -0.640. The average molecular weight is 529 g/mol. The van der Waals surface area contributed by atoms with Crippen molar-refractivity contribution >= 4 is 50.7 Å². The van der Waals surface area contributed by atoms with Crippen LogP contribution >= 0.6 is 23.2 Å². The number of rotatable bonds is 9. The Labute approximate surface area is 209 Å². The fourth-order valence-electron chi connectivity index (χ4n) is 3.31. The fourth-order valence-corrected chi connectivity index (χ4v) is 5.21. The van der Waals surface area contributed by atoms with E-state index >= 15 is 0 Å². The van der Waals surface area contributed by atoms with Crippen molar-refractivity contribution in [3.8, 4) is 0 Å². The van der Waals surface area contributed by atoms with Crippen LogP contribution in [0.2, 0.25) is 10.0 Å². The molecule has 0 radical (unpaired) electrons. The van der Waals surface area contributed by atoms with E-state index in [1.165, 1.54) is 16.4 Å². The van der Waals surface area contributed by atoms with Crippen LogP contribution in [0.4, 0.5) is 5.69 Å². The van der Waals surface area contributed by atoms with Crippen LogP contribution in [0.1, 0.15) is 5.56 Å². The lowest BCUT2D eigenvalue weighted by molar-refractivity contribution is -0.123. The van der Waals surface area contributed by atoms with Gasteiger partial charge in [0.25, 0.3) is 0 Å². The summed E-state index contributed by atoms with van der Waals surface area (Å²) in [5.41, 5.74) is 1.08. The summed E-state index contributed by atoms with van der Waals surface area (Å²) in [6, 6.07) is 11.3. The number of hydrogen-bond donors (Lipinski definition) is 2. The Morgan fingerprint density at radius 1 is 1.00 bits per heavy atom. The Hall–Kier alpha value is -2.21. The summed E-state index contributed by atoms with van der Waals surface area (Å²) < 4.78 is 32.0. The molecule has 0 saturated carbocycles. The van der Waals surface area contributed by atoms with Crippen molar-refractivity contribution in [2.45, 2.75) is 11.4 Å². The zero-order valence-corrected chi connectivity index (χ0v) is 20.9. The molecule has 2 aromatic carbocycles. The Morgan fingerprint density at radius 3 is 2.21 bits per heavy atom. The van der Waals surface area contributed by atoms with Gasteiger partial charge in [-0.1, -0.05) is 41.4 Å². The van der Waals surface area contributed by atoms with Gasteiger partial charge in [0.1, 0.15) is 0 Å². The second-order valence-corrected chi connectivity index (χ2v) is 10.5. The SMILES string of the molecule is CN(CC(=O)NCc1ccc(S(=O)(=O)N2CCOCC2)cc1)CC(=O)Nc1c(Cl)cccc1Cl. The molecular weight excluding hydrogens is 503 g/mol. The normalized spacial score (nSPS) is 14.7. The highest BCUT2D eigenvalue weighted by Gasteiger charge is 2.26. The molecule has 2 aromatic rings. The number of morpholine rings is 1. The standard InChI is InChI=1S/C22H26Cl2N4O5S/c1-27(15-21(30)26-22-18(23)3-2-4-19(22)24)14-20(29)25-13-16-5-7-17(8-6-16)34(31,32)28-9-11-33-12-10-28/h2-8H,9-15H2,1H3,(H,25,29)(H,26,30). The quantitative estimate of drug-likeness (QED) is 0.516. The van der Waals surface area contributed by atoms with E-state index in [0.717, 1.165) is 5.56 Å². The Kier molecular flexibility index (Phi) is 9.29. The summed E-state index contributed by atoms with van der Waals surface area (Å²) in [4.78, 5) is 26.3. The highest BCUT2D eigenvalue weighted by atomic mass is 35.5. The van der Waals surface area contributed by atoms with Gasteiger partial charge in [-0.25, -0.2) is 8.42 Å². The van der Waals surface area contributed by atoms with Gasteiger partial charge >= 0.3 is 0 Å². The number of carbonyl (C=O) groups excluding carboxylic acids is 2. The average Bonchev–Trinajstić information content (AvgIpc) is 2.81. The van der Waals surface area contributed by atoms with Crippen LogP contribution in [0.3, 0.4) is 0 Å². The molecule has 1 aliphatic rings. The van der Waals surface area contributed by atoms with Crippen molar-refractivity contribution in [1.82, 2.24) is 14.5 Å². The lowest BCUT2D eigenvalue weighted by Gasteiger charge is -2.26. The number of amides is 2. The molecule has 0 atom stereocenters. The molecule has 1 aliphatic heterocycles. The van der Waals surface area contributed by atoms with Crippen molar-refractivity contribution in [3.05, 3.63) is 58.1 Å². The fraction of sp³-hybridized carbons (Fsp3) is 0.364. The van der Waals surface area contributed by atoms with Crippen molar-refractivity contribution in [3.63, 3.8) is 0 Å². The van der Waals surface area contributed by atoms with Gasteiger partial charge in [-0.2, -0.15) is 4.31 Å². The number of likely N-dealkylation sites (N-methyl/N-ethyl adjacent to an activating group) is 1. The number of carbonyl (C=O) groups is 2. The first kappa shape index (κ1) is 26.4. The predicted molar refractivity (Wildman–Crippen MR) is 130 cm³/mol. The molecule has 34 heavy (non-hydrogen) atoms. The predicted octanol–water partition coefficient (Wildman–Crippen LogP) is 2.20. The third-order valence-electron chi connectivity index (χ3n) is 5.08. The van der Waals surface area contributed by atoms with E-state index in [1.807, 2.05) is 0 Å². The lowest BCUT2D eigenvalue weighted by atomic mass is 10.2.